The predicted molar refractivity (Wildman–Crippen MR) is 140 cm³/mol. The van der Waals surface area contributed by atoms with Crippen LogP contribution in [0.25, 0.3) is 0 Å². The van der Waals surface area contributed by atoms with E-state index in [4.69, 9.17) is 9.84 Å². The normalized spacial score (nSPS) is 10.6. The molecule has 1 amide bonds. The lowest BCUT2D eigenvalue weighted by Crippen LogP contribution is -2.14. The number of nitrogens with zero attached hydrogens (tertiary/aromatic N) is 2. The zero-order chi connectivity index (χ0) is 25.5. The Balaban J connectivity index is 1.51. The number of aromatic nitrogens is 2. The molecular weight excluding hydrogens is 476 g/mol. The molecule has 0 unspecified atom stereocenters. The summed E-state index contributed by atoms with van der Waals surface area (Å²) < 4.78 is 6.01. The second-order valence-corrected chi connectivity index (χ2v) is 9.12. The fraction of sp³-hybridized carbons (Fsp3) is 0.185. The molecule has 0 bridgehead atoms. The van der Waals surface area contributed by atoms with E-state index in [9.17, 15) is 9.59 Å². The van der Waals surface area contributed by atoms with Gasteiger partial charge in [-0.15, -0.1) is 11.3 Å². The first-order chi connectivity index (χ1) is 17.4. The van der Waals surface area contributed by atoms with Crippen molar-refractivity contribution in [3.8, 4) is 5.75 Å². The Bertz CT molecular complexity index is 1370. The van der Waals surface area contributed by atoms with E-state index in [1.807, 2.05) is 30.6 Å². The summed E-state index contributed by atoms with van der Waals surface area (Å²) in [6.45, 7) is 5.07. The highest BCUT2D eigenvalue weighted by Gasteiger charge is 2.13. The van der Waals surface area contributed by atoms with Crippen LogP contribution in [0.1, 0.15) is 42.4 Å². The second-order valence-electron chi connectivity index (χ2n) is 8.18. The quantitative estimate of drug-likeness (QED) is 0.268. The minimum atomic E-state index is -1.08. The maximum absolute atomic E-state index is 13.0. The molecule has 0 saturated heterocycles. The number of hydrogen-bond donors (Lipinski definition) is 3. The van der Waals surface area contributed by atoms with Gasteiger partial charge in [0.25, 0.3) is 5.91 Å². The Kier molecular flexibility index (Phi) is 7.92. The van der Waals surface area contributed by atoms with Gasteiger partial charge in [0.05, 0.1) is 23.4 Å². The number of nitrogens with one attached hydrogen (secondary N) is 2. The third-order valence-electron chi connectivity index (χ3n) is 5.61. The number of thiazole rings is 1. The number of anilines is 2. The molecule has 0 atom stereocenters. The highest BCUT2D eigenvalue weighted by Crippen LogP contribution is 2.24. The largest absolute Gasteiger partial charge is 0.493 e. The molecule has 0 fully saturated rings. The summed E-state index contributed by atoms with van der Waals surface area (Å²) in [5.41, 5.74) is 6.31. The SMILES string of the molecule is Cc1ccccc1CNc1cc(OCCc2scnc2C)cc(C(=O)Nc2ccc(C(=O)O)cn2)c1. The summed E-state index contributed by atoms with van der Waals surface area (Å²) in [5.74, 6) is -0.644. The first kappa shape index (κ1) is 24.9. The molecule has 2 heterocycles. The average molecular weight is 503 g/mol. The molecule has 3 N–H and O–H groups in total. The van der Waals surface area contributed by atoms with Crippen LogP contribution in [0.5, 0.6) is 5.75 Å². The van der Waals surface area contributed by atoms with Gasteiger partial charge in [-0.25, -0.2) is 14.8 Å². The zero-order valence-corrected chi connectivity index (χ0v) is 20.8. The third-order valence-corrected chi connectivity index (χ3v) is 6.60. The van der Waals surface area contributed by atoms with Gasteiger partial charge in [-0.05, 0) is 49.2 Å². The Morgan fingerprint density at radius 1 is 1.03 bits per heavy atom. The Labute approximate surface area is 213 Å². The number of ether oxygens (including phenoxy) is 1. The summed E-state index contributed by atoms with van der Waals surface area (Å²) in [6, 6.07) is 16.2. The van der Waals surface area contributed by atoms with Gasteiger partial charge in [-0.1, -0.05) is 24.3 Å². The molecule has 0 saturated carbocycles. The maximum atomic E-state index is 13.0. The van der Waals surface area contributed by atoms with E-state index >= 15 is 0 Å². The minimum Gasteiger partial charge on any atom is -0.493 e. The van der Waals surface area contributed by atoms with E-state index in [1.165, 1.54) is 23.9 Å². The second kappa shape index (κ2) is 11.5. The Hall–Kier alpha value is -4.24. The summed E-state index contributed by atoms with van der Waals surface area (Å²) in [6.07, 6.45) is 1.92. The summed E-state index contributed by atoms with van der Waals surface area (Å²) >= 11 is 1.60. The van der Waals surface area contributed by atoms with Crippen LogP contribution in [0, 0.1) is 13.8 Å². The minimum absolute atomic E-state index is 0.0438. The molecule has 0 aliphatic heterocycles. The van der Waals surface area contributed by atoms with Crippen molar-refractivity contribution in [2.45, 2.75) is 26.8 Å². The van der Waals surface area contributed by atoms with E-state index in [0.717, 1.165) is 28.2 Å². The van der Waals surface area contributed by atoms with Gasteiger partial charge in [-0.3, -0.25) is 4.79 Å². The number of carbonyl (C=O) groups is 2. The molecule has 4 aromatic rings. The van der Waals surface area contributed by atoms with Gasteiger partial charge in [-0.2, -0.15) is 0 Å². The molecule has 4 rings (SSSR count). The van der Waals surface area contributed by atoms with E-state index < -0.39 is 5.97 Å². The summed E-state index contributed by atoms with van der Waals surface area (Å²) in [5, 5.41) is 15.1. The molecule has 36 heavy (non-hydrogen) atoms. The van der Waals surface area contributed by atoms with Crippen LogP contribution in [0.3, 0.4) is 0 Å². The molecule has 184 valence electrons. The lowest BCUT2D eigenvalue weighted by molar-refractivity contribution is 0.0696. The van der Waals surface area contributed by atoms with E-state index in [-0.39, 0.29) is 17.3 Å². The standard InChI is InChI=1S/C27H26N4O4S/c1-17-5-3-4-6-19(17)14-28-22-11-21(26(32)31-25-8-7-20(15-29-25)27(33)34)12-23(13-22)35-10-9-24-18(2)30-16-36-24/h3-8,11-13,15-16,28H,9-10,14H2,1-2H3,(H,33,34)(H,29,31,32). The number of aromatic carboxylic acids is 1. The van der Waals surface area contributed by atoms with Crippen LogP contribution in [0.15, 0.2) is 66.3 Å². The van der Waals surface area contributed by atoms with Crippen LogP contribution < -0.4 is 15.4 Å². The highest BCUT2D eigenvalue weighted by atomic mass is 32.1. The van der Waals surface area contributed by atoms with E-state index in [2.05, 4.69) is 39.7 Å². The third kappa shape index (κ3) is 6.45. The molecule has 0 aliphatic carbocycles. The molecule has 0 spiro atoms. The molecule has 0 radical (unpaired) electrons. The van der Waals surface area contributed by atoms with Crippen molar-refractivity contribution in [2.75, 3.05) is 17.2 Å². The smallest absolute Gasteiger partial charge is 0.337 e. The van der Waals surface area contributed by atoms with Crippen molar-refractivity contribution in [3.63, 3.8) is 0 Å². The van der Waals surface area contributed by atoms with Crippen molar-refractivity contribution in [1.29, 1.82) is 0 Å². The first-order valence-electron chi connectivity index (χ1n) is 11.3. The van der Waals surface area contributed by atoms with Crippen LogP contribution in [0.4, 0.5) is 11.5 Å². The Morgan fingerprint density at radius 2 is 1.86 bits per heavy atom. The van der Waals surface area contributed by atoms with Gasteiger partial charge in [0, 0.05) is 41.4 Å². The number of hydrogen-bond acceptors (Lipinski definition) is 7. The predicted octanol–water partition coefficient (Wildman–Crippen LogP) is 5.34. The van der Waals surface area contributed by atoms with Crippen LogP contribution in [-0.4, -0.2) is 33.6 Å². The number of amides is 1. The molecular formula is C27H26N4O4S. The number of carboxylic acid groups (broad SMARTS) is 1. The van der Waals surface area contributed by atoms with Crippen LogP contribution in [0.2, 0.25) is 0 Å². The molecule has 2 aromatic heterocycles. The summed E-state index contributed by atoms with van der Waals surface area (Å²) in [7, 11) is 0. The van der Waals surface area contributed by atoms with E-state index in [0.29, 0.717) is 24.5 Å². The van der Waals surface area contributed by atoms with E-state index in [1.54, 1.807) is 23.5 Å². The van der Waals surface area contributed by atoms with Crippen molar-refractivity contribution < 1.29 is 19.4 Å². The number of pyridine rings is 1. The highest BCUT2D eigenvalue weighted by molar-refractivity contribution is 7.09. The first-order valence-corrected chi connectivity index (χ1v) is 12.2. The lowest BCUT2D eigenvalue weighted by Gasteiger charge is -2.14. The average Bonchev–Trinajstić information content (AvgIpc) is 3.28. The number of rotatable bonds is 10. The topological polar surface area (TPSA) is 113 Å². The fourth-order valence-corrected chi connectivity index (χ4v) is 4.29. The number of aryl methyl sites for hydroxylation is 2. The van der Waals surface area contributed by atoms with Gasteiger partial charge in [0.1, 0.15) is 11.6 Å². The number of carboxylic acids is 1. The Morgan fingerprint density at radius 3 is 2.56 bits per heavy atom. The van der Waals surface area contributed by atoms with Crippen molar-refractivity contribution >= 4 is 34.7 Å². The van der Waals surface area contributed by atoms with Crippen molar-refractivity contribution in [2.24, 2.45) is 0 Å². The zero-order valence-electron chi connectivity index (χ0n) is 19.9. The maximum Gasteiger partial charge on any atom is 0.337 e. The molecule has 9 heteroatoms. The number of carbonyl (C=O) groups excluding carboxylic acids is 1. The summed E-state index contributed by atoms with van der Waals surface area (Å²) in [4.78, 5) is 33.5. The fourth-order valence-electron chi connectivity index (χ4n) is 3.53. The van der Waals surface area contributed by atoms with Crippen LogP contribution >= 0.6 is 11.3 Å². The number of benzene rings is 2. The van der Waals surface area contributed by atoms with Crippen molar-refractivity contribution in [3.05, 3.63) is 99.1 Å². The van der Waals surface area contributed by atoms with Gasteiger partial charge < -0.3 is 20.5 Å². The molecule has 2 aromatic carbocycles. The van der Waals surface area contributed by atoms with Gasteiger partial charge >= 0.3 is 5.97 Å². The molecule has 8 nitrogen and oxygen atoms in total. The molecule has 0 aliphatic rings. The van der Waals surface area contributed by atoms with Crippen LogP contribution in [-0.2, 0) is 13.0 Å². The lowest BCUT2D eigenvalue weighted by atomic mass is 10.1. The van der Waals surface area contributed by atoms with Gasteiger partial charge in [0.15, 0.2) is 0 Å². The van der Waals surface area contributed by atoms with Gasteiger partial charge in [0.2, 0.25) is 0 Å². The van der Waals surface area contributed by atoms with Crippen molar-refractivity contribution in [1.82, 2.24) is 9.97 Å². The monoisotopic (exact) mass is 502 g/mol.